The molecule has 25 heavy (non-hydrogen) atoms. The van der Waals surface area contributed by atoms with Crippen LogP contribution in [0.3, 0.4) is 0 Å². The van der Waals surface area contributed by atoms with E-state index in [9.17, 15) is 0 Å². The van der Waals surface area contributed by atoms with E-state index in [1.165, 1.54) is 25.7 Å². The molecule has 1 saturated carbocycles. The lowest BCUT2D eigenvalue weighted by Crippen LogP contribution is -2.42. The summed E-state index contributed by atoms with van der Waals surface area (Å²) in [5.74, 6) is 2.80. The molecule has 0 spiro atoms. The van der Waals surface area contributed by atoms with E-state index in [0.717, 1.165) is 24.5 Å². The molecule has 0 amide bonds. The smallest absolute Gasteiger partial charge is 0.203 e. The number of hydrogen-bond donors (Lipinski definition) is 1. The number of ether oxygens (including phenoxy) is 4. The Balaban J connectivity index is 1.82. The molecule has 2 aliphatic heterocycles. The molecule has 4 unspecified atom stereocenters. The van der Waals surface area contributed by atoms with Crippen molar-refractivity contribution in [3.05, 3.63) is 17.7 Å². The fourth-order valence-corrected chi connectivity index (χ4v) is 4.17. The molecule has 1 aromatic rings. The van der Waals surface area contributed by atoms with Gasteiger partial charge in [-0.25, -0.2) is 0 Å². The first-order valence-electron chi connectivity index (χ1n) is 9.37. The molecule has 4 rings (SSSR count). The van der Waals surface area contributed by atoms with E-state index in [-0.39, 0.29) is 6.04 Å². The van der Waals surface area contributed by atoms with Crippen LogP contribution in [0.25, 0.3) is 0 Å². The molecule has 0 aromatic heterocycles. The number of nitrogens with one attached hydrogen (secondary N) is 1. The van der Waals surface area contributed by atoms with Crippen LogP contribution in [-0.4, -0.2) is 40.1 Å². The molecule has 1 aliphatic carbocycles. The standard InChI is InChI=1S/C20H31NO4/c1-5-15(21-16-8-6-13-7-9-17(16)25-12-13)14-10-18(22-2)20(24-4)19(11-14)23-3/h10-11,13,15-17,21H,5-9,12H2,1-4H3. The molecule has 4 atom stereocenters. The highest BCUT2D eigenvalue weighted by Gasteiger charge is 2.34. The summed E-state index contributed by atoms with van der Waals surface area (Å²) in [6.45, 7) is 3.14. The minimum absolute atomic E-state index is 0.236. The van der Waals surface area contributed by atoms with Crippen LogP contribution >= 0.6 is 0 Å². The Morgan fingerprint density at radius 1 is 1.04 bits per heavy atom. The van der Waals surface area contributed by atoms with Crippen LogP contribution in [0.1, 0.15) is 50.6 Å². The zero-order chi connectivity index (χ0) is 17.8. The van der Waals surface area contributed by atoms with Gasteiger partial charge < -0.3 is 24.3 Å². The summed E-state index contributed by atoms with van der Waals surface area (Å²) in [6.07, 6.45) is 6.27. The average molecular weight is 349 g/mol. The fourth-order valence-electron chi connectivity index (χ4n) is 4.17. The minimum atomic E-state index is 0.236. The van der Waals surface area contributed by atoms with E-state index in [2.05, 4.69) is 24.4 Å². The molecular weight excluding hydrogens is 318 g/mol. The van der Waals surface area contributed by atoms with Gasteiger partial charge in [0.2, 0.25) is 5.75 Å². The summed E-state index contributed by atoms with van der Waals surface area (Å²) < 4.78 is 22.6. The van der Waals surface area contributed by atoms with Crippen LogP contribution in [0.5, 0.6) is 17.2 Å². The Kier molecular flexibility index (Phi) is 6.07. The van der Waals surface area contributed by atoms with Gasteiger partial charge in [-0.05, 0) is 55.7 Å². The van der Waals surface area contributed by atoms with Gasteiger partial charge in [0.25, 0.3) is 0 Å². The van der Waals surface area contributed by atoms with E-state index in [0.29, 0.717) is 29.4 Å². The largest absolute Gasteiger partial charge is 0.493 e. The SMILES string of the molecule is CCC(NC1CCC2CCC1OC2)c1cc(OC)c(OC)c(OC)c1. The normalized spacial score (nSPS) is 26.8. The molecule has 5 nitrogen and oxygen atoms in total. The maximum Gasteiger partial charge on any atom is 0.203 e. The molecule has 2 saturated heterocycles. The maximum absolute atomic E-state index is 6.09. The van der Waals surface area contributed by atoms with Crippen molar-refractivity contribution in [2.75, 3.05) is 27.9 Å². The van der Waals surface area contributed by atoms with Gasteiger partial charge in [-0.15, -0.1) is 0 Å². The van der Waals surface area contributed by atoms with Crippen LogP contribution in [0.15, 0.2) is 12.1 Å². The van der Waals surface area contributed by atoms with Gasteiger partial charge in [-0.3, -0.25) is 0 Å². The molecule has 0 radical (unpaired) electrons. The number of hydrogen-bond acceptors (Lipinski definition) is 5. The molecule has 2 heterocycles. The minimum Gasteiger partial charge on any atom is -0.493 e. The molecule has 1 aromatic carbocycles. The first-order valence-corrected chi connectivity index (χ1v) is 9.37. The Hall–Kier alpha value is -1.46. The van der Waals surface area contributed by atoms with Gasteiger partial charge in [0.1, 0.15) is 0 Å². The fraction of sp³-hybridized carbons (Fsp3) is 0.700. The van der Waals surface area contributed by atoms with Crippen molar-refractivity contribution in [3.63, 3.8) is 0 Å². The quantitative estimate of drug-likeness (QED) is 0.813. The van der Waals surface area contributed by atoms with E-state index < -0.39 is 0 Å². The van der Waals surface area contributed by atoms with Crippen LogP contribution in [0.2, 0.25) is 0 Å². The number of rotatable bonds is 7. The van der Waals surface area contributed by atoms with Crippen molar-refractivity contribution in [1.29, 1.82) is 0 Å². The van der Waals surface area contributed by atoms with Gasteiger partial charge in [0, 0.05) is 18.7 Å². The van der Waals surface area contributed by atoms with Gasteiger partial charge >= 0.3 is 0 Å². The second-order valence-electron chi connectivity index (χ2n) is 7.09. The molecule has 3 aliphatic rings. The van der Waals surface area contributed by atoms with Crippen LogP contribution in [0, 0.1) is 5.92 Å². The second-order valence-corrected chi connectivity index (χ2v) is 7.09. The van der Waals surface area contributed by atoms with E-state index in [4.69, 9.17) is 18.9 Å². The number of fused-ring (bicyclic) bond motifs is 4. The first kappa shape index (κ1) is 18.3. The second kappa shape index (κ2) is 8.28. The van der Waals surface area contributed by atoms with Crippen LogP contribution in [0.4, 0.5) is 0 Å². The topological polar surface area (TPSA) is 49.0 Å². The van der Waals surface area contributed by atoms with E-state index in [1.54, 1.807) is 21.3 Å². The summed E-state index contributed by atoms with van der Waals surface area (Å²) in [7, 11) is 4.95. The molecule has 1 N–H and O–H groups in total. The number of benzene rings is 1. The monoisotopic (exact) mass is 349 g/mol. The molecule has 3 fully saturated rings. The Bertz CT molecular complexity index is 544. The summed E-state index contributed by atoms with van der Waals surface area (Å²) in [5.41, 5.74) is 1.16. The first-order chi connectivity index (χ1) is 12.2. The summed E-state index contributed by atoms with van der Waals surface area (Å²) >= 11 is 0. The Labute approximate surface area is 151 Å². The van der Waals surface area contributed by atoms with E-state index in [1.807, 2.05) is 0 Å². The summed E-state index contributed by atoms with van der Waals surface area (Å²) in [6, 6.07) is 4.76. The highest BCUT2D eigenvalue weighted by Crippen LogP contribution is 2.41. The van der Waals surface area contributed by atoms with Crippen molar-refractivity contribution in [2.45, 2.75) is 57.2 Å². The van der Waals surface area contributed by atoms with Crippen molar-refractivity contribution in [2.24, 2.45) is 5.92 Å². The van der Waals surface area contributed by atoms with Crippen LogP contribution < -0.4 is 19.5 Å². The third-order valence-corrected chi connectivity index (χ3v) is 5.65. The zero-order valence-corrected chi connectivity index (χ0v) is 15.8. The lowest BCUT2D eigenvalue weighted by molar-refractivity contribution is -0.0169. The summed E-state index contributed by atoms with van der Waals surface area (Å²) in [4.78, 5) is 0. The van der Waals surface area contributed by atoms with Crippen molar-refractivity contribution >= 4 is 0 Å². The third-order valence-electron chi connectivity index (χ3n) is 5.65. The predicted molar refractivity (Wildman–Crippen MR) is 97.8 cm³/mol. The lowest BCUT2D eigenvalue weighted by Gasteiger charge is -2.32. The zero-order valence-electron chi connectivity index (χ0n) is 15.8. The predicted octanol–water partition coefficient (Wildman–Crippen LogP) is 3.71. The Morgan fingerprint density at radius 2 is 1.72 bits per heavy atom. The molecule has 5 heteroatoms. The third kappa shape index (κ3) is 3.87. The van der Waals surface area contributed by atoms with Crippen molar-refractivity contribution in [1.82, 2.24) is 5.32 Å². The average Bonchev–Trinajstić information content (AvgIpc) is 2.98. The molecular formula is C20H31NO4. The van der Waals surface area contributed by atoms with E-state index >= 15 is 0 Å². The van der Waals surface area contributed by atoms with Crippen LogP contribution in [-0.2, 0) is 4.74 Å². The van der Waals surface area contributed by atoms with Gasteiger partial charge in [-0.1, -0.05) is 6.92 Å². The van der Waals surface area contributed by atoms with Crippen molar-refractivity contribution in [3.8, 4) is 17.2 Å². The number of methoxy groups -OCH3 is 3. The van der Waals surface area contributed by atoms with Gasteiger partial charge in [0.05, 0.1) is 27.4 Å². The molecule has 2 bridgehead atoms. The Morgan fingerprint density at radius 3 is 2.24 bits per heavy atom. The maximum atomic E-state index is 6.09. The lowest BCUT2D eigenvalue weighted by atomic mass is 9.98. The highest BCUT2D eigenvalue weighted by atomic mass is 16.5. The van der Waals surface area contributed by atoms with Crippen molar-refractivity contribution < 1.29 is 18.9 Å². The molecule has 140 valence electrons. The van der Waals surface area contributed by atoms with Gasteiger partial charge in [0.15, 0.2) is 11.5 Å². The summed E-state index contributed by atoms with van der Waals surface area (Å²) in [5, 5.41) is 3.85. The van der Waals surface area contributed by atoms with Gasteiger partial charge in [-0.2, -0.15) is 0 Å². The highest BCUT2D eigenvalue weighted by molar-refractivity contribution is 5.54.